The number of amides is 1. The SMILES string of the molecule is O=C(C(c1ccccc1)N1CCS(=O)(=O)CC1)N1CCCc2cc(OC(F)(F)F)ccc21. The minimum atomic E-state index is -4.79. The van der Waals surface area contributed by atoms with E-state index in [4.69, 9.17) is 0 Å². The Morgan fingerprint density at radius 3 is 2.34 bits per heavy atom. The molecule has 2 heterocycles. The first kappa shape index (κ1) is 22.6. The lowest BCUT2D eigenvalue weighted by atomic mass is 9.98. The highest BCUT2D eigenvalue weighted by molar-refractivity contribution is 7.91. The highest BCUT2D eigenvalue weighted by atomic mass is 32.2. The number of anilines is 1. The van der Waals surface area contributed by atoms with Gasteiger partial charge < -0.3 is 9.64 Å². The molecule has 172 valence electrons. The maximum atomic E-state index is 13.8. The second-order valence-electron chi connectivity index (χ2n) is 7.93. The monoisotopic (exact) mass is 468 g/mol. The van der Waals surface area contributed by atoms with Crippen LogP contribution < -0.4 is 9.64 Å². The molecule has 2 aromatic rings. The van der Waals surface area contributed by atoms with Crippen LogP contribution >= 0.6 is 0 Å². The van der Waals surface area contributed by atoms with Gasteiger partial charge in [-0.05, 0) is 42.2 Å². The average molecular weight is 468 g/mol. The molecule has 1 unspecified atom stereocenters. The van der Waals surface area contributed by atoms with Crippen molar-refractivity contribution in [3.8, 4) is 5.75 Å². The Bertz CT molecular complexity index is 1080. The van der Waals surface area contributed by atoms with Crippen LogP contribution in [0.5, 0.6) is 5.75 Å². The second kappa shape index (κ2) is 8.74. The van der Waals surface area contributed by atoms with Crippen LogP contribution in [0.15, 0.2) is 48.5 Å². The number of carbonyl (C=O) groups excluding carboxylic acids is 1. The summed E-state index contributed by atoms with van der Waals surface area (Å²) in [7, 11) is -3.12. The number of benzene rings is 2. The van der Waals surface area contributed by atoms with Crippen molar-refractivity contribution in [2.45, 2.75) is 25.2 Å². The van der Waals surface area contributed by atoms with E-state index in [-0.39, 0.29) is 36.3 Å². The molecule has 32 heavy (non-hydrogen) atoms. The molecule has 0 bridgehead atoms. The molecule has 0 aromatic heterocycles. The third-order valence-electron chi connectivity index (χ3n) is 5.76. The Kier molecular flexibility index (Phi) is 6.17. The van der Waals surface area contributed by atoms with Crippen LogP contribution in [0.2, 0.25) is 0 Å². The van der Waals surface area contributed by atoms with Crippen molar-refractivity contribution in [1.82, 2.24) is 4.90 Å². The quantitative estimate of drug-likeness (QED) is 0.689. The zero-order valence-corrected chi connectivity index (χ0v) is 18.0. The van der Waals surface area contributed by atoms with Crippen LogP contribution in [0.3, 0.4) is 0 Å². The molecule has 2 aliphatic heterocycles. The number of carbonyl (C=O) groups is 1. The fourth-order valence-corrected chi connectivity index (χ4v) is 5.51. The first-order valence-electron chi connectivity index (χ1n) is 10.3. The van der Waals surface area contributed by atoms with E-state index in [1.807, 2.05) is 35.2 Å². The molecule has 1 amide bonds. The van der Waals surface area contributed by atoms with Crippen molar-refractivity contribution in [2.24, 2.45) is 0 Å². The third kappa shape index (κ3) is 5.07. The number of aryl methyl sites for hydroxylation is 1. The Morgan fingerprint density at radius 2 is 1.69 bits per heavy atom. The van der Waals surface area contributed by atoms with Gasteiger partial charge in [-0.15, -0.1) is 13.2 Å². The van der Waals surface area contributed by atoms with Gasteiger partial charge in [-0.3, -0.25) is 9.69 Å². The van der Waals surface area contributed by atoms with Gasteiger partial charge in [0.2, 0.25) is 5.91 Å². The number of hydrogen-bond acceptors (Lipinski definition) is 5. The second-order valence-corrected chi connectivity index (χ2v) is 10.2. The summed E-state index contributed by atoms with van der Waals surface area (Å²) >= 11 is 0. The molecule has 1 saturated heterocycles. The topological polar surface area (TPSA) is 66.9 Å². The maximum Gasteiger partial charge on any atom is 0.573 e. The molecular weight excluding hydrogens is 445 g/mol. The van der Waals surface area contributed by atoms with Crippen LogP contribution in [-0.2, 0) is 21.1 Å². The predicted molar refractivity (Wildman–Crippen MR) is 113 cm³/mol. The minimum Gasteiger partial charge on any atom is -0.406 e. The predicted octanol–water partition coefficient (Wildman–Crippen LogP) is 3.34. The first-order chi connectivity index (χ1) is 15.1. The Balaban J connectivity index is 1.65. The van der Waals surface area contributed by atoms with Gasteiger partial charge >= 0.3 is 6.36 Å². The number of hydrogen-bond donors (Lipinski definition) is 0. The number of fused-ring (bicyclic) bond motifs is 1. The number of rotatable bonds is 4. The molecule has 0 N–H and O–H groups in total. The molecule has 0 spiro atoms. The Morgan fingerprint density at radius 1 is 1.00 bits per heavy atom. The average Bonchev–Trinajstić information content (AvgIpc) is 2.74. The summed E-state index contributed by atoms with van der Waals surface area (Å²) in [5.74, 6) is -0.566. The molecule has 0 aliphatic carbocycles. The van der Waals surface area contributed by atoms with E-state index in [0.29, 0.717) is 30.6 Å². The van der Waals surface area contributed by atoms with Gasteiger partial charge in [-0.1, -0.05) is 30.3 Å². The summed E-state index contributed by atoms with van der Waals surface area (Å²) in [6.07, 6.45) is -3.65. The molecule has 1 atom stereocenters. The van der Waals surface area contributed by atoms with E-state index < -0.39 is 22.2 Å². The van der Waals surface area contributed by atoms with Crippen LogP contribution in [0.4, 0.5) is 18.9 Å². The van der Waals surface area contributed by atoms with Crippen molar-refractivity contribution < 1.29 is 31.1 Å². The van der Waals surface area contributed by atoms with Gasteiger partial charge in [0.1, 0.15) is 11.8 Å². The van der Waals surface area contributed by atoms with Crippen LogP contribution in [0, 0.1) is 0 Å². The number of alkyl halides is 3. The summed E-state index contributed by atoms with van der Waals surface area (Å²) < 4.78 is 65.6. The normalized spacial score (nSPS) is 19.8. The lowest BCUT2D eigenvalue weighted by molar-refractivity contribution is -0.274. The number of ether oxygens (including phenoxy) is 1. The zero-order valence-electron chi connectivity index (χ0n) is 17.2. The van der Waals surface area contributed by atoms with Crippen LogP contribution in [0.1, 0.15) is 23.6 Å². The highest BCUT2D eigenvalue weighted by Gasteiger charge is 2.37. The standard InChI is InChI=1S/C22H23F3N2O4S/c23-22(24,25)31-18-8-9-19-17(15-18)7-4-10-27(19)21(28)20(16-5-2-1-3-6-16)26-11-13-32(29,30)14-12-26/h1-3,5-6,8-9,15,20H,4,7,10-14H2. The first-order valence-corrected chi connectivity index (χ1v) is 12.1. The number of halogens is 3. The maximum absolute atomic E-state index is 13.8. The third-order valence-corrected chi connectivity index (χ3v) is 7.37. The molecule has 2 aliphatic rings. The zero-order chi connectivity index (χ0) is 22.9. The lowest BCUT2D eigenvalue weighted by Gasteiger charge is -2.38. The van der Waals surface area contributed by atoms with Crippen molar-refractivity contribution in [2.75, 3.05) is 36.0 Å². The Hall–Kier alpha value is -2.59. The summed E-state index contributed by atoms with van der Waals surface area (Å²) in [4.78, 5) is 17.2. The van der Waals surface area contributed by atoms with Crippen LogP contribution in [0.25, 0.3) is 0 Å². The number of sulfone groups is 1. The van der Waals surface area contributed by atoms with E-state index in [2.05, 4.69) is 4.74 Å². The van der Waals surface area contributed by atoms with Gasteiger partial charge in [0.15, 0.2) is 9.84 Å². The fourth-order valence-electron chi connectivity index (χ4n) is 4.28. The largest absolute Gasteiger partial charge is 0.573 e. The van der Waals surface area contributed by atoms with Crippen molar-refractivity contribution >= 4 is 21.4 Å². The molecule has 0 radical (unpaired) electrons. The van der Waals surface area contributed by atoms with E-state index >= 15 is 0 Å². The van der Waals surface area contributed by atoms with Gasteiger partial charge in [0.25, 0.3) is 0 Å². The molecule has 0 saturated carbocycles. The summed E-state index contributed by atoms with van der Waals surface area (Å²) in [5.41, 5.74) is 1.92. The molecule has 10 heteroatoms. The Labute approximate surface area is 184 Å². The molecule has 4 rings (SSSR count). The molecule has 1 fully saturated rings. The van der Waals surface area contributed by atoms with E-state index in [9.17, 15) is 26.4 Å². The number of nitrogens with zero attached hydrogens (tertiary/aromatic N) is 2. The van der Waals surface area contributed by atoms with Gasteiger partial charge in [-0.25, -0.2) is 8.42 Å². The molecule has 6 nitrogen and oxygen atoms in total. The minimum absolute atomic E-state index is 0.0155. The summed E-state index contributed by atoms with van der Waals surface area (Å²) in [5, 5.41) is 0. The van der Waals surface area contributed by atoms with Crippen molar-refractivity contribution in [3.05, 3.63) is 59.7 Å². The molecule has 2 aromatic carbocycles. The lowest BCUT2D eigenvalue weighted by Crippen LogP contribution is -2.49. The van der Waals surface area contributed by atoms with Crippen molar-refractivity contribution in [3.63, 3.8) is 0 Å². The van der Waals surface area contributed by atoms with Crippen LogP contribution in [-0.4, -0.2) is 56.7 Å². The van der Waals surface area contributed by atoms with Gasteiger partial charge in [0, 0.05) is 25.3 Å². The molecular formula is C22H23F3N2O4S. The van der Waals surface area contributed by atoms with Crippen molar-refractivity contribution in [1.29, 1.82) is 0 Å². The highest BCUT2D eigenvalue weighted by Crippen LogP contribution is 2.35. The van der Waals surface area contributed by atoms with E-state index in [1.165, 1.54) is 18.2 Å². The summed E-state index contributed by atoms with van der Waals surface area (Å²) in [6.45, 7) is 0.917. The van der Waals surface area contributed by atoms with Gasteiger partial charge in [-0.2, -0.15) is 0 Å². The summed E-state index contributed by atoms with van der Waals surface area (Å²) in [6, 6.07) is 12.5. The van der Waals surface area contributed by atoms with E-state index in [1.54, 1.807) is 4.90 Å². The smallest absolute Gasteiger partial charge is 0.406 e. The fraction of sp³-hybridized carbons (Fsp3) is 0.409. The van der Waals surface area contributed by atoms with Gasteiger partial charge in [0.05, 0.1) is 11.5 Å². The van der Waals surface area contributed by atoms with E-state index in [0.717, 1.165) is 5.56 Å².